The highest BCUT2D eigenvalue weighted by Gasteiger charge is 2.10. The molecule has 0 unspecified atom stereocenters. The summed E-state index contributed by atoms with van der Waals surface area (Å²) in [6.07, 6.45) is 0. The second kappa shape index (κ2) is 4.86. The second-order valence-electron chi connectivity index (χ2n) is 3.99. The number of rotatable bonds is 2. The van der Waals surface area contributed by atoms with E-state index in [1.54, 1.807) is 24.3 Å². The minimum Gasteiger partial charge on any atom is -0.326 e. The van der Waals surface area contributed by atoms with Crippen LogP contribution in [0.4, 0.5) is 4.39 Å². The average Bonchev–Trinajstić information content (AvgIpc) is 2.32. The maximum Gasteiger partial charge on any atom is 0.131 e. The summed E-state index contributed by atoms with van der Waals surface area (Å²) in [7, 11) is 0. The van der Waals surface area contributed by atoms with Gasteiger partial charge in [-0.15, -0.1) is 0 Å². The van der Waals surface area contributed by atoms with Crippen molar-refractivity contribution >= 4 is 11.6 Å². The van der Waals surface area contributed by atoms with Gasteiger partial charge in [-0.3, -0.25) is 0 Å². The van der Waals surface area contributed by atoms with Gasteiger partial charge in [0.25, 0.3) is 0 Å². The SMILES string of the molecule is Cc1ccc(F)c(-c2cc(Cl)ccc2CN)c1. The lowest BCUT2D eigenvalue weighted by atomic mass is 9.98. The van der Waals surface area contributed by atoms with E-state index in [-0.39, 0.29) is 5.82 Å². The van der Waals surface area contributed by atoms with Crippen LogP contribution in [-0.2, 0) is 6.54 Å². The van der Waals surface area contributed by atoms with Gasteiger partial charge in [0.2, 0.25) is 0 Å². The zero-order valence-corrected chi connectivity index (χ0v) is 10.3. The summed E-state index contributed by atoms with van der Waals surface area (Å²) in [6.45, 7) is 2.29. The summed E-state index contributed by atoms with van der Waals surface area (Å²) in [4.78, 5) is 0. The van der Waals surface area contributed by atoms with Crippen LogP contribution in [0.3, 0.4) is 0 Å². The van der Waals surface area contributed by atoms with E-state index in [4.69, 9.17) is 17.3 Å². The van der Waals surface area contributed by atoms with E-state index in [0.717, 1.165) is 16.7 Å². The Bertz CT molecular complexity index is 552. The fourth-order valence-corrected chi connectivity index (χ4v) is 2.00. The molecule has 0 aliphatic carbocycles. The summed E-state index contributed by atoms with van der Waals surface area (Å²) in [5.41, 5.74) is 8.87. The third kappa shape index (κ3) is 2.48. The fourth-order valence-electron chi connectivity index (χ4n) is 1.82. The molecule has 0 amide bonds. The minimum absolute atomic E-state index is 0.257. The van der Waals surface area contributed by atoms with E-state index in [1.165, 1.54) is 6.07 Å². The predicted octanol–water partition coefficient (Wildman–Crippen LogP) is 3.91. The number of aryl methyl sites for hydroxylation is 1. The lowest BCUT2D eigenvalue weighted by Gasteiger charge is -2.10. The van der Waals surface area contributed by atoms with Gasteiger partial charge in [-0.2, -0.15) is 0 Å². The van der Waals surface area contributed by atoms with Gasteiger partial charge >= 0.3 is 0 Å². The molecule has 0 aliphatic rings. The summed E-state index contributed by atoms with van der Waals surface area (Å²) >= 11 is 5.95. The van der Waals surface area contributed by atoms with E-state index in [0.29, 0.717) is 17.1 Å². The highest BCUT2D eigenvalue weighted by atomic mass is 35.5. The van der Waals surface area contributed by atoms with Crippen LogP contribution in [0.25, 0.3) is 11.1 Å². The Kier molecular flexibility index (Phi) is 3.46. The van der Waals surface area contributed by atoms with Crippen molar-refractivity contribution in [3.8, 4) is 11.1 Å². The van der Waals surface area contributed by atoms with Crippen molar-refractivity contribution < 1.29 is 4.39 Å². The molecule has 1 nitrogen and oxygen atoms in total. The predicted molar refractivity (Wildman–Crippen MR) is 69.5 cm³/mol. The normalized spacial score (nSPS) is 10.6. The molecule has 0 saturated heterocycles. The first-order chi connectivity index (χ1) is 8.11. The Balaban J connectivity index is 2.66. The third-order valence-electron chi connectivity index (χ3n) is 2.70. The molecular weight excluding hydrogens is 237 g/mol. The summed E-state index contributed by atoms with van der Waals surface area (Å²) in [5, 5.41) is 0.582. The molecule has 0 aromatic heterocycles. The first-order valence-corrected chi connectivity index (χ1v) is 5.74. The Morgan fingerprint density at radius 2 is 1.88 bits per heavy atom. The van der Waals surface area contributed by atoms with Crippen LogP contribution in [0.1, 0.15) is 11.1 Å². The van der Waals surface area contributed by atoms with Gasteiger partial charge in [0.1, 0.15) is 5.82 Å². The van der Waals surface area contributed by atoms with E-state index >= 15 is 0 Å². The third-order valence-corrected chi connectivity index (χ3v) is 2.94. The number of halogens is 2. The molecule has 2 aromatic rings. The molecule has 0 bridgehead atoms. The van der Waals surface area contributed by atoms with E-state index in [1.807, 2.05) is 13.0 Å². The van der Waals surface area contributed by atoms with Crippen LogP contribution in [0, 0.1) is 12.7 Å². The van der Waals surface area contributed by atoms with Crippen LogP contribution >= 0.6 is 11.6 Å². The largest absolute Gasteiger partial charge is 0.326 e. The molecule has 0 fully saturated rings. The maximum atomic E-state index is 13.8. The van der Waals surface area contributed by atoms with Crippen LogP contribution in [-0.4, -0.2) is 0 Å². The van der Waals surface area contributed by atoms with Gasteiger partial charge in [-0.1, -0.05) is 29.3 Å². The molecule has 0 aliphatic heterocycles. The first-order valence-electron chi connectivity index (χ1n) is 5.37. The van der Waals surface area contributed by atoms with Gasteiger partial charge in [0.05, 0.1) is 0 Å². The molecule has 0 atom stereocenters. The molecule has 3 heteroatoms. The Labute approximate surface area is 105 Å². The molecular formula is C14H13ClFN. The number of benzene rings is 2. The highest BCUT2D eigenvalue weighted by Crippen LogP contribution is 2.29. The number of hydrogen-bond acceptors (Lipinski definition) is 1. The maximum absolute atomic E-state index is 13.8. The Morgan fingerprint density at radius 1 is 1.12 bits per heavy atom. The van der Waals surface area contributed by atoms with Crippen molar-refractivity contribution in [3.05, 3.63) is 58.4 Å². The molecule has 0 radical (unpaired) electrons. The molecule has 0 spiro atoms. The topological polar surface area (TPSA) is 26.0 Å². The first kappa shape index (κ1) is 12.1. The number of nitrogens with two attached hydrogens (primary N) is 1. The van der Waals surface area contributed by atoms with E-state index in [9.17, 15) is 4.39 Å². The quantitative estimate of drug-likeness (QED) is 0.858. The van der Waals surface area contributed by atoms with Crippen molar-refractivity contribution in [2.24, 2.45) is 5.73 Å². The van der Waals surface area contributed by atoms with Gasteiger partial charge in [0.15, 0.2) is 0 Å². The van der Waals surface area contributed by atoms with Crippen molar-refractivity contribution in [2.45, 2.75) is 13.5 Å². The molecule has 0 saturated carbocycles. The zero-order valence-electron chi connectivity index (χ0n) is 9.50. The molecule has 2 aromatic carbocycles. The fraction of sp³-hybridized carbons (Fsp3) is 0.143. The van der Waals surface area contributed by atoms with Crippen molar-refractivity contribution in [1.82, 2.24) is 0 Å². The molecule has 2 rings (SSSR count). The van der Waals surface area contributed by atoms with Crippen LogP contribution in [0.15, 0.2) is 36.4 Å². The van der Waals surface area contributed by atoms with Gasteiger partial charge in [0, 0.05) is 17.1 Å². The lowest BCUT2D eigenvalue weighted by Crippen LogP contribution is -2.00. The Morgan fingerprint density at radius 3 is 2.59 bits per heavy atom. The molecule has 88 valence electrons. The lowest BCUT2D eigenvalue weighted by molar-refractivity contribution is 0.630. The van der Waals surface area contributed by atoms with Gasteiger partial charge < -0.3 is 5.73 Å². The molecule has 0 heterocycles. The Hall–Kier alpha value is -1.38. The van der Waals surface area contributed by atoms with E-state index in [2.05, 4.69) is 0 Å². The summed E-state index contributed by atoms with van der Waals surface area (Å²) < 4.78 is 13.8. The zero-order chi connectivity index (χ0) is 12.4. The second-order valence-corrected chi connectivity index (χ2v) is 4.43. The minimum atomic E-state index is -0.257. The molecule has 17 heavy (non-hydrogen) atoms. The van der Waals surface area contributed by atoms with Gasteiger partial charge in [-0.25, -0.2) is 4.39 Å². The smallest absolute Gasteiger partial charge is 0.131 e. The standard InChI is InChI=1S/C14H13ClFN/c1-9-2-5-14(16)13(6-9)12-7-11(15)4-3-10(12)8-17/h2-7H,8,17H2,1H3. The van der Waals surface area contributed by atoms with Crippen LogP contribution in [0.2, 0.25) is 5.02 Å². The van der Waals surface area contributed by atoms with Gasteiger partial charge in [-0.05, 0) is 42.3 Å². The summed E-state index contributed by atoms with van der Waals surface area (Å²) in [6, 6.07) is 10.4. The highest BCUT2D eigenvalue weighted by molar-refractivity contribution is 6.30. The van der Waals surface area contributed by atoms with Crippen molar-refractivity contribution in [3.63, 3.8) is 0 Å². The van der Waals surface area contributed by atoms with E-state index < -0.39 is 0 Å². The van der Waals surface area contributed by atoms with Crippen LogP contribution in [0.5, 0.6) is 0 Å². The van der Waals surface area contributed by atoms with Crippen molar-refractivity contribution in [2.75, 3.05) is 0 Å². The summed E-state index contributed by atoms with van der Waals surface area (Å²) in [5.74, 6) is -0.257. The number of hydrogen-bond donors (Lipinski definition) is 1. The van der Waals surface area contributed by atoms with Crippen molar-refractivity contribution in [1.29, 1.82) is 0 Å². The molecule has 2 N–H and O–H groups in total. The monoisotopic (exact) mass is 249 g/mol. The van der Waals surface area contributed by atoms with Crippen LogP contribution < -0.4 is 5.73 Å². The average molecular weight is 250 g/mol.